The second-order valence-corrected chi connectivity index (χ2v) is 7.63. The van der Waals surface area contributed by atoms with Gasteiger partial charge in [0, 0.05) is 30.3 Å². The normalized spacial score (nSPS) is 12.3. The molecule has 0 fully saturated rings. The number of hydrogen-bond acceptors (Lipinski definition) is 0. The third-order valence-electron chi connectivity index (χ3n) is 4.68. The van der Waals surface area contributed by atoms with Gasteiger partial charge < -0.3 is 9.47 Å². The van der Waals surface area contributed by atoms with Crippen molar-refractivity contribution >= 4 is 21.8 Å². The number of H-pyrrole nitrogens is 1. The molecule has 23 heavy (non-hydrogen) atoms. The first kappa shape index (κ1) is 16.0. The van der Waals surface area contributed by atoms with E-state index in [1.165, 1.54) is 53.3 Å². The number of fused-ring (bicyclic) bond motifs is 3. The molecule has 2 heterocycles. The van der Waals surface area contributed by atoms with E-state index in [2.05, 4.69) is 74.1 Å². The zero-order valence-corrected chi connectivity index (χ0v) is 14.9. The van der Waals surface area contributed by atoms with Crippen LogP contribution in [0.3, 0.4) is 0 Å². The summed E-state index contributed by atoms with van der Waals surface area (Å²) in [5.41, 5.74) is 3.84. The van der Waals surface area contributed by atoms with Gasteiger partial charge in [0.15, 0.2) is 11.9 Å². The lowest BCUT2D eigenvalue weighted by Gasteiger charge is -2.23. The maximum atomic E-state index is 3.52. The highest BCUT2D eigenvalue weighted by Gasteiger charge is 2.15. The monoisotopic (exact) mass is 311 g/mol. The van der Waals surface area contributed by atoms with Gasteiger partial charge in [-0.05, 0) is 18.9 Å². The minimum absolute atomic E-state index is 1.06. The lowest BCUT2D eigenvalue weighted by Crippen LogP contribution is -2.37. The Hall–Kier alpha value is -1.87. The topological polar surface area (TPSA) is 19.7 Å². The van der Waals surface area contributed by atoms with Gasteiger partial charge in [-0.25, -0.2) is 4.57 Å². The number of aryl methyl sites for hydroxylation is 2. The zero-order valence-electron chi connectivity index (χ0n) is 14.9. The summed E-state index contributed by atoms with van der Waals surface area (Å²) in [6, 6.07) is 10.8. The van der Waals surface area contributed by atoms with E-state index in [0.717, 1.165) is 11.0 Å². The van der Waals surface area contributed by atoms with Crippen LogP contribution in [0.2, 0.25) is 0 Å². The van der Waals surface area contributed by atoms with Crippen LogP contribution in [0.5, 0.6) is 0 Å². The van der Waals surface area contributed by atoms with Crippen LogP contribution in [0.4, 0.5) is 0 Å². The number of benzene rings is 1. The first-order chi connectivity index (χ1) is 11.0. The van der Waals surface area contributed by atoms with Crippen molar-refractivity contribution in [2.75, 3.05) is 27.7 Å². The molecule has 0 bridgehead atoms. The van der Waals surface area contributed by atoms with E-state index in [0.29, 0.717) is 0 Å². The molecule has 0 atom stereocenters. The third kappa shape index (κ3) is 3.56. The SMILES string of the molecule is Cc1c2c(cc[n+]1CCCCC[N+](C)(C)C)[nH]c1ccccc12. The number of aromatic nitrogens is 2. The molecular formula is C20H29N3+2. The van der Waals surface area contributed by atoms with Crippen LogP contribution in [-0.4, -0.2) is 37.2 Å². The molecule has 3 heteroatoms. The molecule has 0 radical (unpaired) electrons. The van der Waals surface area contributed by atoms with E-state index < -0.39 is 0 Å². The molecule has 0 aliphatic rings. The molecule has 0 aliphatic carbocycles. The lowest BCUT2D eigenvalue weighted by atomic mass is 10.1. The molecule has 3 aromatic rings. The maximum Gasteiger partial charge on any atom is 0.188 e. The average molecular weight is 311 g/mol. The van der Waals surface area contributed by atoms with Crippen LogP contribution < -0.4 is 4.57 Å². The second-order valence-electron chi connectivity index (χ2n) is 7.63. The number of nitrogens with one attached hydrogen (secondary N) is 1. The number of aromatic amines is 1. The fraction of sp³-hybridized carbons (Fsp3) is 0.450. The second kappa shape index (κ2) is 6.32. The van der Waals surface area contributed by atoms with Gasteiger partial charge in [0.1, 0.15) is 6.54 Å². The van der Waals surface area contributed by atoms with E-state index in [1.54, 1.807) is 0 Å². The van der Waals surface area contributed by atoms with Crippen molar-refractivity contribution in [2.24, 2.45) is 0 Å². The Balaban J connectivity index is 1.74. The van der Waals surface area contributed by atoms with Gasteiger partial charge in [-0.15, -0.1) is 0 Å². The highest BCUT2D eigenvalue weighted by atomic mass is 15.3. The summed E-state index contributed by atoms with van der Waals surface area (Å²) in [5.74, 6) is 0. The molecule has 122 valence electrons. The third-order valence-corrected chi connectivity index (χ3v) is 4.68. The summed E-state index contributed by atoms with van der Waals surface area (Å²) in [7, 11) is 6.80. The number of unbranched alkanes of at least 4 members (excludes halogenated alkanes) is 2. The summed E-state index contributed by atoms with van der Waals surface area (Å²) in [6.07, 6.45) is 6.08. The van der Waals surface area contributed by atoms with Gasteiger partial charge in [0.25, 0.3) is 0 Å². The summed E-state index contributed by atoms with van der Waals surface area (Å²) in [5, 5.41) is 2.70. The van der Waals surface area contributed by atoms with Gasteiger partial charge in [-0.2, -0.15) is 0 Å². The summed E-state index contributed by atoms with van der Waals surface area (Å²) < 4.78 is 3.47. The Morgan fingerprint density at radius 2 is 1.74 bits per heavy atom. The number of hydrogen-bond donors (Lipinski definition) is 1. The van der Waals surface area contributed by atoms with E-state index in [4.69, 9.17) is 0 Å². The molecule has 1 aromatic carbocycles. The van der Waals surface area contributed by atoms with Gasteiger partial charge >= 0.3 is 0 Å². The largest absolute Gasteiger partial charge is 0.354 e. The minimum Gasteiger partial charge on any atom is -0.354 e. The molecule has 1 N–H and O–H groups in total. The Bertz CT molecular complexity index is 809. The van der Waals surface area contributed by atoms with Gasteiger partial charge in [0.05, 0.1) is 38.6 Å². The predicted molar refractivity (Wildman–Crippen MR) is 97.5 cm³/mol. The van der Waals surface area contributed by atoms with E-state index in [9.17, 15) is 0 Å². The average Bonchev–Trinajstić information content (AvgIpc) is 2.87. The standard InChI is InChI=1S/C20H28N3/c1-16-20-17-10-6-7-11-18(17)21-19(20)12-14-22(16)13-8-5-9-15-23(2,3)4/h6-7,10-12,14H,5,8-9,13,15H2,1-4H3/q+1/p+1. The molecule has 3 nitrogen and oxygen atoms in total. The van der Waals surface area contributed by atoms with E-state index >= 15 is 0 Å². The van der Waals surface area contributed by atoms with Crippen LogP contribution in [0, 0.1) is 6.92 Å². The number of para-hydroxylation sites is 1. The number of rotatable bonds is 6. The molecule has 0 saturated heterocycles. The zero-order chi connectivity index (χ0) is 16.4. The molecule has 0 saturated carbocycles. The van der Waals surface area contributed by atoms with Crippen molar-refractivity contribution in [1.82, 2.24) is 4.98 Å². The highest BCUT2D eigenvalue weighted by molar-refractivity contribution is 6.07. The molecule has 0 unspecified atom stereocenters. The summed E-state index contributed by atoms with van der Waals surface area (Å²) in [6.45, 7) is 4.61. The van der Waals surface area contributed by atoms with Crippen LogP contribution in [0.1, 0.15) is 25.0 Å². The van der Waals surface area contributed by atoms with Gasteiger partial charge in [-0.1, -0.05) is 18.2 Å². The number of quaternary nitrogens is 1. The van der Waals surface area contributed by atoms with Crippen LogP contribution in [0.15, 0.2) is 36.5 Å². The Morgan fingerprint density at radius 1 is 0.957 bits per heavy atom. The first-order valence-corrected chi connectivity index (χ1v) is 8.66. The van der Waals surface area contributed by atoms with Gasteiger partial charge in [0.2, 0.25) is 0 Å². The van der Waals surface area contributed by atoms with Crippen LogP contribution in [-0.2, 0) is 6.54 Å². The first-order valence-electron chi connectivity index (χ1n) is 8.66. The smallest absolute Gasteiger partial charge is 0.188 e. The molecule has 0 amide bonds. The summed E-state index contributed by atoms with van der Waals surface area (Å²) in [4.78, 5) is 3.52. The molecule has 0 spiro atoms. The maximum absolute atomic E-state index is 3.52. The fourth-order valence-corrected chi connectivity index (χ4v) is 3.38. The molecule has 0 aliphatic heterocycles. The number of pyridine rings is 1. The van der Waals surface area contributed by atoms with Crippen molar-refractivity contribution in [1.29, 1.82) is 0 Å². The molecular weight excluding hydrogens is 282 g/mol. The fourth-order valence-electron chi connectivity index (χ4n) is 3.38. The van der Waals surface area contributed by atoms with Crippen LogP contribution in [0.25, 0.3) is 21.8 Å². The molecule has 3 rings (SSSR count). The van der Waals surface area contributed by atoms with E-state index in [1.807, 2.05) is 0 Å². The Morgan fingerprint density at radius 3 is 2.52 bits per heavy atom. The number of nitrogens with zero attached hydrogens (tertiary/aromatic N) is 2. The van der Waals surface area contributed by atoms with Crippen molar-refractivity contribution in [3.8, 4) is 0 Å². The van der Waals surface area contributed by atoms with Crippen molar-refractivity contribution in [3.05, 3.63) is 42.2 Å². The predicted octanol–water partition coefficient (Wildman–Crippen LogP) is 3.79. The van der Waals surface area contributed by atoms with Crippen molar-refractivity contribution in [2.45, 2.75) is 32.7 Å². The quantitative estimate of drug-likeness (QED) is 0.406. The summed E-state index contributed by atoms with van der Waals surface area (Å²) >= 11 is 0. The van der Waals surface area contributed by atoms with Crippen LogP contribution >= 0.6 is 0 Å². The van der Waals surface area contributed by atoms with Gasteiger partial charge in [-0.3, -0.25) is 0 Å². The minimum atomic E-state index is 1.06. The lowest BCUT2D eigenvalue weighted by molar-refractivity contribution is -0.870. The highest BCUT2D eigenvalue weighted by Crippen LogP contribution is 2.26. The van der Waals surface area contributed by atoms with Crippen molar-refractivity contribution in [3.63, 3.8) is 0 Å². The Labute approximate surface area is 139 Å². The Kier molecular flexibility index (Phi) is 4.40. The van der Waals surface area contributed by atoms with Crippen molar-refractivity contribution < 1.29 is 9.05 Å². The molecule has 2 aromatic heterocycles. The van der Waals surface area contributed by atoms with E-state index in [-0.39, 0.29) is 0 Å².